The second kappa shape index (κ2) is 7.01. The summed E-state index contributed by atoms with van der Waals surface area (Å²) < 4.78 is 0. The zero-order valence-corrected chi connectivity index (χ0v) is 17.3. The molecule has 0 aromatic heterocycles. The number of likely N-dealkylation sites (N-methyl/N-ethyl adjacent to an activating group) is 1. The number of fused-ring (bicyclic) bond motifs is 3. The maximum Gasteiger partial charge on any atom is 0.255 e. The fraction of sp³-hybridized carbons (Fsp3) is 0.364. The minimum Gasteiger partial charge on any atom is -0.508 e. The lowest BCUT2D eigenvalue weighted by molar-refractivity contribution is -0.153. The van der Waals surface area contributed by atoms with E-state index >= 15 is 0 Å². The number of rotatable bonds is 3. The molecule has 0 radical (unpaired) electrons. The Morgan fingerprint density at radius 1 is 1.22 bits per heavy atom. The van der Waals surface area contributed by atoms with Gasteiger partial charge in [-0.05, 0) is 44.5 Å². The lowest BCUT2D eigenvalue weighted by atomic mass is 9.57. The Bertz CT molecular complexity index is 1160. The third-order valence-electron chi connectivity index (χ3n) is 6.75. The first-order valence-corrected chi connectivity index (χ1v) is 9.91. The van der Waals surface area contributed by atoms with Crippen molar-refractivity contribution in [3.8, 4) is 5.75 Å². The summed E-state index contributed by atoms with van der Waals surface area (Å²) in [5.41, 5.74) is 1.75. The van der Waals surface area contributed by atoms with E-state index in [0.29, 0.717) is 11.8 Å². The average molecular weight is 442 g/mol. The van der Waals surface area contributed by atoms with Gasteiger partial charge in [0.05, 0.1) is 17.2 Å². The molecule has 3 aliphatic rings. The van der Waals surface area contributed by atoms with Crippen LogP contribution < -0.4 is 5.73 Å². The fourth-order valence-electron chi connectivity index (χ4n) is 5.33. The number of phenols is 1. The Hall–Kier alpha value is -3.50. The molecule has 1 aromatic carbocycles. The number of phenolic OH excluding ortho intramolecular Hbond substituents is 1. The molecule has 1 saturated carbocycles. The van der Waals surface area contributed by atoms with Crippen LogP contribution in [0.3, 0.4) is 0 Å². The summed E-state index contributed by atoms with van der Waals surface area (Å²) in [6.07, 6.45) is 0.594. The van der Waals surface area contributed by atoms with Crippen LogP contribution in [0.4, 0.5) is 0 Å². The minimum absolute atomic E-state index is 0.0158. The molecule has 1 amide bonds. The molecule has 0 aliphatic heterocycles. The molecule has 10 heteroatoms. The maximum absolute atomic E-state index is 13.6. The van der Waals surface area contributed by atoms with Gasteiger partial charge >= 0.3 is 0 Å². The monoisotopic (exact) mass is 442 g/mol. The minimum atomic E-state index is -2.68. The zero-order chi connectivity index (χ0) is 23.7. The molecule has 6 N–H and O–H groups in total. The quantitative estimate of drug-likeness (QED) is 0.312. The molecule has 0 bridgehead atoms. The number of hydrogen-bond acceptors (Lipinski definition) is 9. The second-order valence-electron chi connectivity index (χ2n) is 8.62. The van der Waals surface area contributed by atoms with Gasteiger partial charge in [0, 0.05) is 11.5 Å². The number of benzene rings is 1. The van der Waals surface area contributed by atoms with E-state index in [-0.39, 0.29) is 29.5 Å². The number of Topliss-reactive ketones (excluding diaryl/α,β-unsaturated/α-hetero) is 2. The summed E-state index contributed by atoms with van der Waals surface area (Å²) in [6, 6.07) is 1.81. The van der Waals surface area contributed by atoms with E-state index in [1.54, 1.807) is 6.07 Å². The third kappa shape index (κ3) is 2.59. The predicted molar refractivity (Wildman–Crippen MR) is 110 cm³/mol. The summed E-state index contributed by atoms with van der Waals surface area (Å²) in [7, 11) is 3.07. The Morgan fingerprint density at radius 2 is 1.88 bits per heavy atom. The summed E-state index contributed by atoms with van der Waals surface area (Å²) in [4.78, 5) is 51.1. The predicted octanol–water partition coefficient (Wildman–Crippen LogP) is -0.223. The Balaban J connectivity index is 1.98. The molecule has 4 atom stereocenters. The van der Waals surface area contributed by atoms with Crippen LogP contribution in [0.25, 0.3) is 5.76 Å². The second-order valence-corrected chi connectivity index (χ2v) is 8.62. The topological polar surface area (TPSA) is 178 Å². The molecule has 0 saturated heterocycles. The number of ketones is 2. The van der Waals surface area contributed by atoms with Crippen LogP contribution in [0.2, 0.25) is 0 Å². The van der Waals surface area contributed by atoms with Crippen molar-refractivity contribution in [2.24, 2.45) is 17.6 Å². The largest absolute Gasteiger partial charge is 0.508 e. The fourth-order valence-corrected chi connectivity index (χ4v) is 5.33. The SMILES string of the molecule is CN(C)[C@@H]1C(=O)C(C(N)=O)=C(O)[C@@]2(O)C(=O)C3=C(O)c4c(ccc(C=O)c4O)C[C@H]3C[C@@H]12. The molecule has 3 aliphatic carbocycles. The Morgan fingerprint density at radius 3 is 2.44 bits per heavy atom. The van der Waals surface area contributed by atoms with E-state index in [0.717, 1.165) is 0 Å². The first kappa shape index (κ1) is 21.7. The van der Waals surface area contributed by atoms with Crippen LogP contribution in [-0.4, -0.2) is 74.8 Å². The van der Waals surface area contributed by atoms with Crippen LogP contribution in [0, 0.1) is 11.8 Å². The number of aliphatic hydroxyl groups excluding tert-OH is 2. The van der Waals surface area contributed by atoms with E-state index in [9.17, 15) is 39.6 Å². The number of aldehydes is 1. The van der Waals surface area contributed by atoms with Gasteiger partial charge < -0.3 is 26.2 Å². The molecule has 168 valence electrons. The van der Waals surface area contributed by atoms with E-state index in [1.165, 1.54) is 25.1 Å². The molecule has 4 rings (SSSR count). The number of nitrogens with two attached hydrogens (primary N) is 1. The van der Waals surface area contributed by atoms with Crippen molar-refractivity contribution in [2.75, 3.05) is 14.1 Å². The molecular weight excluding hydrogens is 420 g/mol. The van der Waals surface area contributed by atoms with Gasteiger partial charge in [-0.15, -0.1) is 0 Å². The van der Waals surface area contributed by atoms with Gasteiger partial charge in [-0.2, -0.15) is 0 Å². The standard InChI is InChI=1S/C22H22N2O8/c1-24(2)15-11-6-10-5-8-3-4-9(7-25)16(26)12(8)17(27)13(10)19(29)22(11,32)20(30)14(18(15)28)21(23)31/h3-4,7,10-11,15,26-27,30,32H,5-6H2,1-2H3,(H2,23,31)/t10-,11-,15-,22-/m0/s1. The van der Waals surface area contributed by atoms with Crippen molar-refractivity contribution in [2.45, 2.75) is 24.5 Å². The van der Waals surface area contributed by atoms with E-state index in [2.05, 4.69) is 0 Å². The summed E-state index contributed by atoms with van der Waals surface area (Å²) in [5.74, 6) is -7.21. The summed E-state index contributed by atoms with van der Waals surface area (Å²) in [6.45, 7) is 0. The third-order valence-corrected chi connectivity index (χ3v) is 6.75. The molecule has 1 aromatic rings. The molecule has 0 spiro atoms. The molecule has 32 heavy (non-hydrogen) atoms. The van der Waals surface area contributed by atoms with E-state index in [1.807, 2.05) is 0 Å². The first-order valence-electron chi connectivity index (χ1n) is 9.91. The van der Waals surface area contributed by atoms with Gasteiger partial charge in [-0.25, -0.2) is 0 Å². The van der Waals surface area contributed by atoms with Crippen molar-refractivity contribution < 1.29 is 39.6 Å². The smallest absolute Gasteiger partial charge is 0.255 e. The van der Waals surface area contributed by atoms with Crippen LogP contribution >= 0.6 is 0 Å². The van der Waals surface area contributed by atoms with Gasteiger partial charge in [0.1, 0.15) is 22.8 Å². The van der Waals surface area contributed by atoms with Crippen LogP contribution in [0.1, 0.15) is 27.9 Å². The Labute approximate surface area is 182 Å². The van der Waals surface area contributed by atoms with Crippen LogP contribution in [0.5, 0.6) is 5.75 Å². The molecule has 0 heterocycles. The van der Waals surface area contributed by atoms with Gasteiger partial charge in [-0.1, -0.05) is 6.07 Å². The summed E-state index contributed by atoms with van der Waals surface area (Å²) >= 11 is 0. The van der Waals surface area contributed by atoms with Gasteiger partial charge in [0.15, 0.2) is 17.7 Å². The van der Waals surface area contributed by atoms with E-state index < -0.39 is 63.8 Å². The maximum atomic E-state index is 13.6. The van der Waals surface area contributed by atoms with E-state index in [4.69, 9.17) is 5.73 Å². The zero-order valence-electron chi connectivity index (χ0n) is 17.3. The van der Waals surface area contributed by atoms with Crippen molar-refractivity contribution in [3.05, 3.63) is 45.7 Å². The number of carbonyl (C=O) groups is 4. The normalized spacial score (nSPS) is 29.6. The van der Waals surface area contributed by atoms with Crippen molar-refractivity contribution in [3.63, 3.8) is 0 Å². The highest BCUT2D eigenvalue weighted by atomic mass is 16.3. The number of carbonyl (C=O) groups excluding carboxylic acids is 4. The van der Waals surface area contributed by atoms with Crippen molar-refractivity contribution in [1.29, 1.82) is 0 Å². The average Bonchev–Trinajstić information content (AvgIpc) is 2.70. The van der Waals surface area contributed by atoms with Crippen LogP contribution in [0.15, 0.2) is 29.0 Å². The van der Waals surface area contributed by atoms with Gasteiger partial charge in [-0.3, -0.25) is 24.1 Å². The molecule has 1 fully saturated rings. The van der Waals surface area contributed by atoms with Gasteiger partial charge in [0.2, 0.25) is 5.78 Å². The number of hydrogen-bond donors (Lipinski definition) is 5. The number of primary amides is 1. The van der Waals surface area contributed by atoms with Crippen molar-refractivity contribution in [1.82, 2.24) is 4.90 Å². The number of aromatic hydroxyl groups is 1. The first-order chi connectivity index (χ1) is 15.0. The summed E-state index contributed by atoms with van der Waals surface area (Å²) in [5, 5.41) is 43.5. The highest BCUT2D eigenvalue weighted by Crippen LogP contribution is 2.52. The number of nitrogens with zero attached hydrogens (tertiary/aromatic N) is 1. The highest BCUT2D eigenvalue weighted by molar-refractivity contribution is 6.24. The highest BCUT2D eigenvalue weighted by Gasteiger charge is 2.64. The lowest BCUT2D eigenvalue weighted by Crippen LogP contribution is -2.65. The molecule has 10 nitrogen and oxygen atoms in total. The lowest BCUT2D eigenvalue weighted by Gasteiger charge is -2.50. The van der Waals surface area contributed by atoms with Gasteiger partial charge in [0.25, 0.3) is 5.91 Å². The van der Waals surface area contributed by atoms with Crippen molar-refractivity contribution >= 4 is 29.5 Å². The molecule has 0 unspecified atom stereocenters. The Kier molecular flexibility index (Phi) is 4.76. The number of amides is 1. The van der Waals surface area contributed by atoms with Crippen LogP contribution in [-0.2, 0) is 20.8 Å². The molecular formula is C22H22N2O8. The number of aliphatic hydroxyl groups is 3.